The maximum Gasteiger partial charge on any atom is 0.161 e. The first-order valence-electron chi connectivity index (χ1n) is 7.59. The van der Waals surface area contributed by atoms with Crippen LogP contribution < -0.4 is 9.47 Å². The standard InChI is InChI=1S/C17H23NO3/c1-18-11-16(19)17(9-5-4-6-15(17)18)12-7-8-13(20-2)14(10-12)21-3/h7-8,10,15H,4-6,9,11H2,1-3H3/t15-,17-/m0/s1. The minimum absolute atomic E-state index is 0.317. The van der Waals surface area contributed by atoms with E-state index in [2.05, 4.69) is 11.9 Å². The molecule has 2 aliphatic rings. The first-order valence-corrected chi connectivity index (χ1v) is 7.59. The van der Waals surface area contributed by atoms with Gasteiger partial charge in [-0.05, 0) is 37.6 Å². The summed E-state index contributed by atoms with van der Waals surface area (Å²) in [5.74, 6) is 1.77. The average Bonchev–Trinajstić information content (AvgIpc) is 2.79. The van der Waals surface area contributed by atoms with Crippen molar-refractivity contribution in [2.45, 2.75) is 37.1 Å². The summed E-state index contributed by atoms with van der Waals surface area (Å²) < 4.78 is 10.7. The van der Waals surface area contributed by atoms with Gasteiger partial charge in [0.05, 0.1) is 26.2 Å². The van der Waals surface area contributed by atoms with E-state index < -0.39 is 0 Å². The van der Waals surface area contributed by atoms with Crippen molar-refractivity contribution >= 4 is 5.78 Å². The number of rotatable bonds is 3. The lowest BCUT2D eigenvalue weighted by atomic mass is 9.65. The van der Waals surface area contributed by atoms with Crippen LogP contribution in [0.3, 0.4) is 0 Å². The Bertz CT molecular complexity index is 557. The summed E-state index contributed by atoms with van der Waals surface area (Å²) in [5, 5.41) is 0. The second-order valence-corrected chi connectivity index (χ2v) is 6.14. The van der Waals surface area contributed by atoms with Crippen LogP contribution >= 0.6 is 0 Å². The van der Waals surface area contributed by atoms with Crippen LogP contribution in [0, 0.1) is 0 Å². The Morgan fingerprint density at radius 2 is 1.95 bits per heavy atom. The van der Waals surface area contributed by atoms with Gasteiger partial charge in [0, 0.05) is 6.04 Å². The van der Waals surface area contributed by atoms with Crippen LogP contribution in [0.5, 0.6) is 11.5 Å². The number of carbonyl (C=O) groups excluding carboxylic acids is 1. The fourth-order valence-electron chi connectivity index (χ4n) is 4.17. The van der Waals surface area contributed by atoms with Crippen LogP contribution in [0.2, 0.25) is 0 Å². The van der Waals surface area contributed by atoms with Crippen molar-refractivity contribution < 1.29 is 14.3 Å². The first kappa shape index (κ1) is 14.4. The summed E-state index contributed by atoms with van der Waals surface area (Å²) in [6.45, 7) is 0.555. The molecule has 1 aliphatic carbocycles. The number of Topliss-reactive ketones (excluding diaryl/α,β-unsaturated/α-hetero) is 1. The van der Waals surface area contributed by atoms with Gasteiger partial charge in [-0.25, -0.2) is 0 Å². The van der Waals surface area contributed by atoms with Crippen molar-refractivity contribution in [3.05, 3.63) is 23.8 Å². The number of benzene rings is 1. The molecule has 0 unspecified atom stereocenters. The van der Waals surface area contributed by atoms with Crippen molar-refractivity contribution in [1.29, 1.82) is 0 Å². The van der Waals surface area contributed by atoms with E-state index >= 15 is 0 Å². The minimum Gasteiger partial charge on any atom is -0.493 e. The molecule has 1 aromatic rings. The Labute approximate surface area is 126 Å². The predicted octanol–water partition coefficient (Wildman–Crippen LogP) is 2.40. The molecule has 2 fully saturated rings. The molecular formula is C17H23NO3. The quantitative estimate of drug-likeness (QED) is 0.856. The van der Waals surface area contributed by atoms with E-state index in [1.807, 2.05) is 18.2 Å². The van der Waals surface area contributed by atoms with Gasteiger partial charge >= 0.3 is 0 Å². The number of methoxy groups -OCH3 is 2. The molecule has 1 aromatic carbocycles. The Hall–Kier alpha value is -1.55. The van der Waals surface area contributed by atoms with E-state index in [4.69, 9.17) is 9.47 Å². The summed E-state index contributed by atoms with van der Waals surface area (Å²) in [6.07, 6.45) is 4.36. The molecule has 1 aliphatic heterocycles. The van der Waals surface area contributed by atoms with Crippen molar-refractivity contribution in [3.8, 4) is 11.5 Å². The largest absolute Gasteiger partial charge is 0.493 e. The van der Waals surface area contributed by atoms with Crippen LogP contribution in [0.1, 0.15) is 31.2 Å². The Morgan fingerprint density at radius 1 is 1.19 bits per heavy atom. The van der Waals surface area contributed by atoms with Gasteiger partial charge in [0.2, 0.25) is 0 Å². The Balaban J connectivity index is 2.10. The van der Waals surface area contributed by atoms with E-state index in [1.165, 1.54) is 6.42 Å². The molecule has 1 saturated heterocycles. The van der Waals surface area contributed by atoms with E-state index in [1.54, 1.807) is 14.2 Å². The third kappa shape index (κ3) is 2.04. The molecule has 21 heavy (non-hydrogen) atoms. The van der Waals surface area contributed by atoms with Gasteiger partial charge in [-0.1, -0.05) is 18.9 Å². The van der Waals surface area contributed by atoms with E-state index in [-0.39, 0.29) is 5.41 Å². The second kappa shape index (κ2) is 5.34. The number of hydrogen-bond acceptors (Lipinski definition) is 4. The molecule has 0 aromatic heterocycles. The fourth-order valence-corrected chi connectivity index (χ4v) is 4.17. The summed E-state index contributed by atoms with van der Waals surface area (Å²) in [6, 6.07) is 6.27. The van der Waals surface area contributed by atoms with Gasteiger partial charge in [-0.3, -0.25) is 9.69 Å². The average molecular weight is 289 g/mol. The lowest BCUT2D eigenvalue weighted by Gasteiger charge is -2.40. The number of ether oxygens (including phenoxy) is 2. The number of hydrogen-bond donors (Lipinski definition) is 0. The van der Waals surface area contributed by atoms with Gasteiger partial charge < -0.3 is 9.47 Å². The van der Waals surface area contributed by atoms with Gasteiger partial charge in [-0.15, -0.1) is 0 Å². The number of nitrogens with zero attached hydrogens (tertiary/aromatic N) is 1. The molecule has 3 rings (SSSR count). The van der Waals surface area contributed by atoms with Crippen LogP contribution in [-0.4, -0.2) is 44.5 Å². The molecule has 4 heteroatoms. The third-order valence-electron chi connectivity index (χ3n) is 5.19. The Kier molecular flexibility index (Phi) is 3.66. The number of carbonyl (C=O) groups is 1. The van der Waals surface area contributed by atoms with Gasteiger partial charge in [0.15, 0.2) is 17.3 Å². The molecular weight excluding hydrogens is 266 g/mol. The number of fused-ring (bicyclic) bond motifs is 1. The van der Waals surface area contributed by atoms with E-state index in [9.17, 15) is 4.79 Å². The minimum atomic E-state index is -0.355. The third-order valence-corrected chi connectivity index (χ3v) is 5.19. The zero-order chi connectivity index (χ0) is 15.0. The molecule has 1 heterocycles. The molecule has 0 spiro atoms. The monoisotopic (exact) mass is 289 g/mol. The molecule has 4 nitrogen and oxygen atoms in total. The molecule has 1 saturated carbocycles. The zero-order valence-electron chi connectivity index (χ0n) is 13.0. The van der Waals surface area contributed by atoms with Crippen LogP contribution in [-0.2, 0) is 10.2 Å². The molecule has 0 N–H and O–H groups in total. The topological polar surface area (TPSA) is 38.8 Å². The molecule has 114 valence electrons. The first-order chi connectivity index (χ1) is 10.1. The van der Waals surface area contributed by atoms with Crippen LogP contribution in [0.4, 0.5) is 0 Å². The van der Waals surface area contributed by atoms with Gasteiger partial charge in [-0.2, -0.15) is 0 Å². The van der Waals surface area contributed by atoms with Gasteiger partial charge in [0.1, 0.15) is 0 Å². The highest BCUT2D eigenvalue weighted by molar-refractivity contribution is 5.95. The lowest BCUT2D eigenvalue weighted by molar-refractivity contribution is -0.122. The smallest absolute Gasteiger partial charge is 0.161 e. The number of likely N-dealkylation sites (tertiary alicyclic amines) is 1. The molecule has 0 bridgehead atoms. The summed E-state index contributed by atoms with van der Waals surface area (Å²) >= 11 is 0. The zero-order valence-corrected chi connectivity index (χ0v) is 13.0. The molecule has 2 atom stereocenters. The highest BCUT2D eigenvalue weighted by Gasteiger charge is 2.54. The summed E-state index contributed by atoms with van der Waals surface area (Å²) in [7, 11) is 5.34. The maximum absolute atomic E-state index is 12.8. The second-order valence-electron chi connectivity index (χ2n) is 6.14. The van der Waals surface area contributed by atoms with E-state index in [0.717, 1.165) is 24.8 Å². The SMILES string of the molecule is COc1ccc([C@@]23CCCC[C@@H]2N(C)CC3=O)cc1OC. The highest BCUT2D eigenvalue weighted by Crippen LogP contribution is 2.47. The molecule has 0 amide bonds. The van der Waals surface area contributed by atoms with Crippen molar-refractivity contribution in [1.82, 2.24) is 4.90 Å². The maximum atomic E-state index is 12.8. The number of ketones is 1. The van der Waals surface area contributed by atoms with Crippen LogP contribution in [0.25, 0.3) is 0 Å². The van der Waals surface area contributed by atoms with Crippen molar-refractivity contribution in [2.75, 3.05) is 27.8 Å². The Morgan fingerprint density at radius 3 is 2.67 bits per heavy atom. The van der Waals surface area contributed by atoms with Gasteiger partial charge in [0.25, 0.3) is 0 Å². The fraction of sp³-hybridized carbons (Fsp3) is 0.588. The number of likely N-dealkylation sites (N-methyl/N-ethyl adjacent to an activating group) is 1. The highest BCUT2D eigenvalue weighted by atomic mass is 16.5. The van der Waals surface area contributed by atoms with Crippen molar-refractivity contribution in [3.63, 3.8) is 0 Å². The lowest BCUT2D eigenvalue weighted by Crippen LogP contribution is -2.46. The molecule has 0 radical (unpaired) electrons. The predicted molar refractivity (Wildman–Crippen MR) is 81.1 cm³/mol. The normalized spacial score (nSPS) is 29.3. The summed E-state index contributed by atoms with van der Waals surface area (Å²) in [5.41, 5.74) is 0.728. The van der Waals surface area contributed by atoms with Crippen molar-refractivity contribution in [2.24, 2.45) is 0 Å². The van der Waals surface area contributed by atoms with Crippen LogP contribution in [0.15, 0.2) is 18.2 Å². The van der Waals surface area contributed by atoms with E-state index in [0.29, 0.717) is 29.9 Å². The summed E-state index contributed by atoms with van der Waals surface area (Å²) in [4.78, 5) is 15.0.